The van der Waals surface area contributed by atoms with Crippen molar-refractivity contribution in [2.45, 2.75) is 25.5 Å². The van der Waals surface area contributed by atoms with Crippen molar-refractivity contribution in [3.63, 3.8) is 0 Å². The highest BCUT2D eigenvalue weighted by atomic mass is 32.2. The van der Waals surface area contributed by atoms with Gasteiger partial charge in [0.1, 0.15) is 0 Å². The molecular weight excluding hydrogens is 270 g/mol. The van der Waals surface area contributed by atoms with Gasteiger partial charge in [-0.3, -0.25) is 4.79 Å². The molecule has 19 heavy (non-hydrogen) atoms. The summed E-state index contributed by atoms with van der Waals surface area (Å²) in [5, 5.41) is 9.01. The standard InChI is InChI=1S/C12H13NO5S/c1-7-8(10(14)15)5-4-6-9(7)13-11(16)12(2,3)19(13,17)18/h4-6H,1-3H3,(H,14,15). The molecule has 0 bridgehead atoms. The number of anilines is 1. The molecule has 1 aliphatic heterocycles. The zero-order valence-corrected chi connectivity index (χ0v) is 11.5. The molecule has 0 saturated carbocycles. The first-order chi connectivity index (χ1) is 8.62. The molecule has 0 aliphatic carbocycles. The van der Waals surface area contributed by atoms with Gasteiger partial charge in [0.25, 0.3) is 15.9 Å². The van der Waals surface area contributed by atoms with Gasteiger partial charge >= 0.3 is 5.97 Å². The lowest BCUT2D eigenvalue weighted by molar-refractivity contribution is -0.120. The molecule has 2 rings (SSSR count). The van der Waals surface area contributed by atoms with Crippen LogP contribution in [0.2, 0.25) is 0 Å². The van der Waals surface area contributed by atoms with E-state index >= 15 is 0 Å². The van der Waals surface area contributed by atoms with Crippen molar-refractivity contribution < 1.29 is 23.1 Å². The van der Waals surface area contributed by atoms with Crippen LogP contribution in [0.15, 0.2) is 18.2 Å². The van der Waals surface area contributed by atoms with Gasteiger partial charge in [0.05, 0.1) is 11.3 Å². The Morgan fingerprint density at radius 1 is 1.32 bits per heavy atom. The summed E-state index contributed by atoms with van der Waals surface area (Å²) in [4.78, 5) is 23.0. The van der Waals surface area contributed by atoms with Gasteiger partial charge in [0.2, 0.25) is 0 Å². The Kier molecular flexibility index (Phi) is 2.71. The van der Waals surface area contributed by atoms with Crippen LogP contribution in [0.3, 0.4) is 0 Å². The molecule has 1 aromatic rings. The van der Waals surface area contributed by atoms with Crippen LogP contribution < -0.4 is 4.31 Å². The van der Waals surface area contributed by atoms with Gasteiger partial charge in [-0.1, -0.05) is 6.07 Å². The van der Waals surface area contributed by atoms with E-state index in [9.17, 15) is 18.0 Å². The second-order valence-corrected chi connectivity index (χ2v) is 7.18. The zero-order chi connectivity index (χ0) is 14.6. The van der Waals surface area contributed by atoms with Crippen molar-refractivity contribution >= 4 is 27.6 Å². The molecule has 6 nitrogen and oxygen atoms in total. The lowest BCUT2D eigenvalue weighted by atomic mass is 10.1. The fraction of sp³-hybridized carbons (Fsp3) is 0.333. The van der Waals surface area contributed by atoms with Crippen LogP contribution in [0.4, 0.5) is 5.69 Å². The van der Waals surface area contributed by atoms with Crippen molar-refractivity contribution in [2.24, 2.45) is 0 Å². The molecule has 0 unspecified atom stereocenters. The molecule has 1 aliphatic rings. The summed E-state index contributed by atoms with van der Waals surface area (Å²) in [5.74, 6) is -1.72. The van der Waals surface area contributed by atoms with Gasteiger partial charge in [-0.05, 0) is 38.5 Å². The lowest BCUT2D eigenvalue weighted by Gasteiger charge is -2.43. The van der Waals surface area contributed by atoms with Gasteiger partial charge in [-0.2, -0.15) is 0 Å². The quantitative estimate of drug-likeness (QED) is 0.879. The molecule has 1 N–H and O–H groups in total. The molecule has 0 atom stereocenters. The van der Waals surface area contributed by atoms with Gasteiger partial charge in [0.15, 0.2) is 4.75 Å². The van der Waals surface area contributed by atoms with E-state index in [4.69, 9.17) is 5.11 Å². The summed E-state index contributed by atoms with van der Waals surface area (Å²) in [5.41, 5.74) is 0.330. The van der Waals surface area contributed by atoms with Gasteiger partial charge < -0.3 is 5.11 Å². The maximum Gasteiger partial charge on any atom is 0.336 e. The summed E-state index contributed by atoms with van der Waals surface area (Å²) < 4.78 is 23.4. The van der Waals surface area contributed by atoms with Crippen LogP contribution >= 0.6 is 0 Å². The SMILES string of the molecule is Cc1c(C(=O)O)cccc1N1C(=O)C(C)(C)S1(=O)=O. The van der Waals surface area contributed by atoms with E-state index in [2.05, 4.69) is 0 Å². The number of sulfonamides is 1. The number of benzene rings is 1. The number of aromatic carboxylic acids is 1. The van der Waals surface area contributed by atoms with E-state index in [1.807, 2.05) is 0 Å². The third-order valence-corrected chi connectivity index (χ3v) is 5.65. The van der Waals surface area contributed by atoms with Gasteiger partial charge in [-0.15, -0.1) is 0 Å². The molecule has 1 fully saturated rings. The Morgan fingerprint density at radius 2 is 1.89 bits per heavy atom. The lowest BCUT2D eigenvalue weighted by Crippen LogP contribution is -2.67. The molecule has 7 heteroatoms. The summed E-state index contributed by atoms with van der Waals surface area (Å²) in [6.45, 7) is 4.14. The number of rotatable bonds is 2. The van der Waals surface area contributed by atoms with Crippen LogP contribution in [0.1, 0.15) is 29.8 Å². The average molecular weight is 283 g/mol. The van der Waals surface area contributed by atoms with E-state index in [1.54, 1.807) is 0 Å². The molecular formula is C12H13NO5S. The number of carboxylic acid groups (broad SMARTS) is 1. The number of nitrogens with zero attached hydrogens (tertiary/aromatic N) is 1. The van der Waals surface area contributed by atoms with E-state index < -0.39 is 26.6 Å². The summed E-state index contributed by atoms with van der Waals surface area (Å²) in [6.07, 6.45) is 0. The molecule has 0 spiro atoms. The maximum atomic E-state index is 12.1. The molecule has 102 valence electrons. The normalized spacial score (nSPS) is 19.9. The zero-order valence-electron chi connectivity index (χ0n) is 10.7. The van der Waals surface area contributed by atoms with Crippen LogP contribution in [-0.4, -0.2) is 30.1 Å². The minimum Gasteiger partial charge on any atom is -0.478 e. The molecule has 1 heterocycles. The summed E-state index contributed by atoms with van der Waals surface area (Å²) >= 11 is 0. The first-order valence-electron chi connectivity index (χ1n) is 5.54. The fourth-order valence-corrected chi connectivity index (χ4v) is 3.51. The summed E-state index contributed by atoms with van der Waals surface area (Å²) in [6, 6.07) is 4.20. The first kappa shape index (κ1) is 13.5. The highest BCUT2D eigenvalue weighted by molar-refractivity contribution is 7.98. The second-order valence-electron chi connectivity index (χ2n) is 4.84. The van der Waals surface area contributed by atoms with Crippen LogP contribution in [0.5, 0.6) is 0 Å². The molecule has 0 aromatic heterocycles. The Hall–Kier alpha value is -1.89. The second kappa shape index (κ2) is 3.80. The third kappa shape index (κ3) is 1.58. The minimum absolute atomic E-state index is 0.0230. The van der Waals surface area contributed by atoms with Crippen LogP contribution in [0.25, 0.3) is 0 Å². The largest absolute Gasteiger partial charge is 0.478 e. The average Bonchev–Trinajstić information content (AvgIpc) is 2.30. The summed E-state index contributed by atoms with van der Waals surface area (Å²) in [7, 11) is -3.78. The van der Waals surface area contributed by atoms with E-state index in [-0.39, 0.29) is 16.8 Å². The Bertz CT molecular complexity index is 690. The minimum atomic E-state index is -3.78. The third-order valence-electron chi connectivity index (χ3n) is 3.34. The predicted octanol–water partition coefficient (Wildman–Crippen LogP) is 1.15. The smallest absolute Gasteiger partial charge is 0.336 e. The van der Waals surface area contributed by atoms with E-state index in [0.717, 1.165) is 0 Å². The van der Waals surface area contributed by atoms with E-state index in [0.29, 0.717) is 4.31 Å². The Morgan fingerprint density at radius 3 is 2.37 bits per heavy atom. The molecule has 1 aromatic carbocycles. The first-order valence-corrected chi connectivity index (χ1v) is 6.98. The number of carbonyl (C=O) groups is 2. The Labute approximate surface area is 110 Å². The molecule has 1 saturated heterocycles. The van der Waals surface area contributed by atoms with E-state index in [1.165, 1.54) is 39.0 Å². The van der Waals surface area contributed by atoms with Gasteiger partial charge in [0, 0.05) is 0 Å². The van der Waals surface area contributed by atoms with Crippen molar-refractivity contribution in [3.8, 4) is 0 Å². The monoisotopic (exact) mass is 283 g/mol. The van der Waals surface area contributed by atoms with Crippen molar-refractivity contribution in [1.29, 1.82) is 0 Å². The van der Waals surface area contributed by atoms with Gasteiger partial charge in [-0.25, -0.2) is 17.5 Å². The van der Waals surface area contributed by atoms with Crippen LogP contribution in [-0.2, 0) is 14.8 Å². The predicted molar refractivity (Wildman–Crippen MR) is 68.6 cm³/mol. The fourth-order valence-electron chi connectivity index (χ4n) is 1.97. The molecule has 1 amide bonds. The number of hydrogen-bond acceptors (Lipinski definition) is 4. The number of carbonyl (C=O) groups excluding carboxylic acids is 1. The van der Waals surface area contributed by atoms with Crippen molar-refractivity contribution in [1.82, 2.24) is 0 Å². The molecule has 0 radical (unpaired) electrons. The number of hydrogen-bond donors (Lipinski definition) is 1. The topological polar surface area (TPSA) is 91.8 Å². The van der Waals surface area contributed by atoms with Crippen LogP contribution in [0, 0.1) is 6.92 Å². The number of carboxylic acids is 1. The van der Waals surface area contributed by atoms with Crippen molar-refractivity contribution in [2.75, 3.05) is 4.31 Å². The maximum absolute atomic E-state index is 12.1. The highest BCUT2D eigenvalue weighted by Gasteiger charge is 2.61. The number of amides is 1. The van der Waals surface area contributed by atoms with Crippen molar-refractivity contribution in [3.05, 3.63) is 29.3 Å². The Balaban J connectivity index is 2.61. The highest BCUT2D eigenvalue weighted by Crippen LogP contribution is 2.40.